The Balaban J connectivity index is 2.92. The van der Waals surface area contributed by atoms with Crippen LogP contribution < -0.4 is 16.0 Å². The van der Waals surface area contributed by atoms with Crippen LogP contribution in [0.3, 0.4) is 0 Å². The topological polar surface area (TPSA) is 56.5 Å². The van der Waals surface area contributed by atoms with E-state index in [4.69, 9.17) is 26.9 Å². The minimum Gasteiger partial charge on any atom is -0.491 e. The monoisotopic (exact) mass is 280 g/mol. The van der Waals surface area contributed by atoms with Gasteiger partial charge >= 0.3 is 5.38 Å². The van der Waals surface area contributed by atoms with Crippen molar-refractivity contribution in [2.45, 2.75) is 11.4 Å². The second-order valence-corrected chi connectivity index (χ2v) is 4.02. The number of hydrogen-bond donors (Lipinski definition) is 2. The fraction of sp³-hybridized carbons (Fsp3) is 0.455. The maximum Gasteiger partial charge on any atom is 0.342 e. The number of nitrogens with two attached hydrogens (primary N) is 1. The van der Waals surface area contributed by atoms with Gasteiger partial charge in [0.15, 0.2) is 0 Å². The van der Waals surface area contributed by atoms with Gasteiger partial charge in [-0.2, -0.15) is 8.78 Å². The molecule has 0 saturated carbocycles. The second kappa shape index (κ2) is 6.84. The number of ether oxygens (including phenoxy) is 2. The van der Waals surface area contributed by atoms with Crippen molar-refractivity contribution in [1.29, 1.82) is 0 Å². The molecule has 4 nitrogen and oxygen atoms in total. The summed E-state index contributed by atoms with van der Waals surface area (Å²) in [7, 11) is 1.52. The molecule has 0 fully saturated rings. The van der Waals surface area contributed by atoms with E-state index in [9.17, 15) is 8.78 Å². The molecule has 0 amide bonds. The Labute approximate surface area is 109 Å². The quantitative estimate of drug-likeness (QED) is 0.347. The standard InChI is InChI=1S/C11H15ClF2N2O2/c1-17-6-7-18-9-5-3-2-4-8(9)10(16-15)11(12,13)14/h2-5,10,16H,6-7,15H2,1H3. The van der Waals surface area contributed by atoms with Gasteiger partial charge in [-0.15, -0.1) is 0 Å². The molecule has 0 radical (unpaired) electrons. The lowest BCUT2D eigenvalue weighted by atomic mass is 10.1. The normalized spacial score (nSPS) is 13.4. The van der Waals surface area contributed by atoms with Crippen LogP contribution in [0.15, 0.2) is 24.3 Å². The molecule has 1 atom stereocenters. The average molecular weight is 281 g/mol. The van der Waals surface area contributed by atoms with Crippen LogP contribution in [0.5, 0.6) is 5.75 Å². The van der Waals surface area contributed by atoms with Gasteiger partial charge in [-0.1, -0.05) is 18.2 Å². The Morgan fingerprint density at radius 2 is 2.06 bits per heavy atom. The third-order valence-electron chi connectivity index (χ3n) is 2.27. The molecular weight excluding hydrogens is 266 g/mol. The number of hydrazine groups is 1. The number of para-hydroxylation sites is 1. The predicted octanol–water partition coefficient (Wildman–Crippen LogP) is 2.05. The molecule has 0 aliphatic heterocycles. The highest BCUT2D eigenvalue weighted by molar-refractivity contribution is 6.22. The Kier molecular flexibility index (Phi) is 5.74. The molecule has 0 bridgehead atoms. The zero-order chi connectivity index (χ0) is 13.6. The Bertz CT molecular complexity index is 374. The van der Waals surface area contributed by atoms with Crippen molar-refractivity contribution in [3.63, 3.8) is 0 Å². The fourth-order valence-corrected chi connectivity index (χ4v) is 1.63. The van der Waals surface area contributed by atoms with Crippen molar-refractivity contribution in [2.24, 2.45) is 5.84 Å². The molecule has 0 aliphatic carbocycles. The summed E-state index contributed by atoms with van der Waals surface area (Å²) >= 11 is 5.01. The van der Waals surface area contributed by atoms with Crippen LogP contribution in [-0.2, 0) is 4.74 Å². The number of halogens is 3. The van der Waals surface area contributed by atoms with E-state index in [1.54, 1.807) is 18.2 Å². The van der Waals surface area contributed by atoms with E-state index in [2.05, 4.69) is 0 Å². The summed E-state index contributed by atoms with van der Waals surface area (Å²) in [5.41, 5.74) is 2.19. The summed E-state index contributed by atoms with van der Waals surface area (Å²) < 4.78 is 36.5. The Morgan fingerprint density at radius 1 is 1.39 bits per heavy atom. The largest absolute Gasteiger partial charge is 0.491 e. The molecule has 18 heavy (non-hydrogen) atoms. The second-order valence-electron chi connectivity index (χ2n) is 3.52. The van der Waals surface area contributed by atoms with Gasteiger partial charge < -0.3 is 9.47 Å². The fourth-order valence-electron chi connectivity index (χ4n) is 1.45. The van der Waals surface area contributed by atoms with Gasteiger partial charge in [0.05, 0.1) is 6.61 Å². The molecule has 1 rings (SSSR count). The summed E-state index contributed by atoms with van der Waals surface area (Å²) in [5.74, 6) is 5.41. The third kappa shape index (κ3) is 4.06. The smallest absolute Gasteiger partial charge is 0.342 e. The molecule has 1 unspecified atom stereocenters. The van der Waals surface area contributed by atoms with E-state index < -0.39 is 11.4 Å². The SMILES string of the molecule is COCCOc1ccccc1C(NN)C(F)(F)Cl. The first-order valence-corrected chi connectivity index (χ1v) is 5.62. The van der Waals surface area contributed by atoms with Crippen molar-refractivity contribution >= 4 is 11.6 Å². The van der Waals surface area contributed by atoms with Crippen molar-refractivity contribution in [2.75, 3.05) is 20.3 Å². The molecule has 0 aliphatic rings. The zero-order valence-electron chi connectivity index (χ0n) is 9.83. The summed E-state index contributed by atoms with van der Waals surface area (Å²) in [4.78, 5) is 0. The van der Waals surface area contributed by atoms with Crippen LogP contribution >= 0.6 is 11.6 Å². The maximum absolute atomic E-state index is 13.2. The van der Waals surface area contributed by atoms with Gasteiger partial charge in [0.2, 0.25) is 0 Å². The summed E-state index contributed by atoms with van der Waals surface area (Å²) in [6, 6.07) is 4.79. The third-order valence-corrected chi connectivity index (χ3v) is 2.49. The average Bonchev–Trinajstić information content (AvgIpc) is 2.30. The zero-order valence-corrected chi connectivity index (χ0v) is 10.6. The van der Waals surface area contributed by atoms with Gasteiger partial charge in [0, 0.05) is 12.7 Å². The summed E-state index contributed by atoms with van der Waals surface area (Å²) in [6.07, 6.45) is 0. The molecule has 1 aromatic carbocycles. The van der Waals surface area contributed by atoms with E-state index >= 15 is 0 Å². The van der Waals surface area contributed by atoms with Crippen LogP contribution in [0.2, 0.25) is 0 Å². The maximum atomic E-state index is 13.2. The first kappa shape index (κ1) is 15.1. The number of benzene rings is 1. The van der Waals surface area contributed by atoms with Gasteiger partial charge in [-0.3, -0.25) is 5.84 Å². The molecule has 0 heterocycles. The van der Waals surface area contributed by atoms with Gasteiger partial charge in [0.1, 0.15) is 18.4 Å². The van der Waals surface area contributed by atoms with Gasteiger partial charge in [0.25, 0.3) is 0 Å². The van der Waals surface area contributed by atoms with E-state index in [0.717, 1.165) is 0 Å². The van der Waals surface area contributed by atoms with E-state index in [-0.39, 0.29) is 17.9 Å². The highest BCUT2D eigenvalue weighted by atomic mass is 35.5. The van der Waals surface area contributed by atoms with E-state index in [1.807, 2.05) is 5.43 Å². The Morgan fingerprint density at radius 3 is 2.61 bits per heavy atom. The number of alkyl halides is 3. The lowest BCUT2D eigenvalue weighted by molar-refractivity contribution is 0.0480. The van der Waals surface area contributed by atoms with Crippen molar-refractivity contribution < 1.29 is 18.3 Å². The van der Waals surface area contributed by atoms with Crippen LogP contribution in [0.25, 0.3) is 0 Å². The minimum absolute atomic E-state index is 0.191. The lowest BCUT2D eigenvalue weighted by Gasteiger charge is -2.23. The molecule has 3 N–H and O–H groups in total. The number of hydrogen-bond acceptors (Lipinski definition) is 4. The van der Waals surface area contributed by atoms with Crippen molar-refractivity contribution in [3.05, 3.63) is 29.8 Å². The first-order valence-electron chi connectivity index (χ1n) is 5.24. The van der Waals surface area contributed by atoms with E-state index in [0.29, 0.717) is 6.61 Å². The molecule has 7 heteroatoms. The molecule has 0 aromatic heterocycles. The molecule has 0 saturated heterocycles. The molecule has 102 valence electrons. The van der Waals surface area contributed by atoms with Crippen LogP contribution in [0.1, 0.15) is 11.6 Å². The Hall–Kier alpha value is -0.950. The van der Waals surface area contributed by atoms with Crippen LogP contribution in [0, 0.1) is 0 Å². The van der Waals surface area contributed by atoms with Crippen molar-refractivity contribution in [1.82, 2.24) is 5.43 Å². The van der Waals surface area contributed by atoms with Crippen LogP contribution in [0.4, 0.5) is 8.78 Å². The predicted molar refractivity (Wildman–Crippen MR) is 64.7 cm³/mol. The minimum atomic E-state index is -3.52. The molecule has 1 aromatic rings. The lowest BCUT2D eigenvalue weighted by Crippen LogP contribution is -2.38. The van der Waals surface area contributed by atoms with E-state index in [1.165, 1.54) is 13.2 Å². The highest BCUT2D eigenvalue weighted by Crippen LogP contribution is 2.38. The molecular formula is C11H15ClF2N2O2. The highest BCUT2D eigenvalue weighted by Gasteiger charge is 2.39. The number of nitrogens with one attached hydrogen (secondary N) is 1. The first-order chi connectivity index (χ1) is 8.50. The van der Waals surface area contributed by atoms with Gasteiger partial charge in [-0.05, 0) is 17.7 Å². The van der Waals surface area contributed by atoms with Crippen LogP contribution in [-0.4, -0.2) is 25.7 Å². The number of methoxy groups -OCH3 is 1. The van der Waals surface area contributed by atoms with Crippen molar-refractivity contribution in [3.8, 4) is 5.75 Å². The number of rotatable bonds is 7. The summed E-state index contributed by atoms with van der Waals surface area (Å²) in [5, 5.41) is -3.52. The summed E-state index contributed by atoms with van der Waals surface area (Å²) in [6.45, 7) is 0.602. The molecule has 0 spiro atoms. The van der Waals surface area contributed by atoms with Gasteiger partial charge in [-0.25, -0.2) is 5.43 Å².